The lowest BCUT2D eigenvalue weighted by atomic mass is 9.71. The van der Waals surface area contributed by atoms with Crippen LogP contribution < -0.4 is 0 Å². The first kappa shape index (κ1) is 19.2. The molecule has 5 atom stereocenters. The zero-order valence-corrected chi connectivity index (χ0v) is 16.4. The molecule has 3 rings (SSSR count). The Kier molecular flexibility index (Phi) is 4.85. The molecule has 2 heterocycles. The van der Waals surface area contributed by atoms with Gasteiger partial charge in [0.25, 0.3) is 0 Å². The Labute approximate surface area is 157 Å². The maximum atomic E-state index is 12.4. The average molecular weight is 382 g/mol. The fraction of sp³-hybridized carbons (Fsp3) is 0.722. The molecule has 1 aliphatic carbocycles. The number of fused-ring (bicyclic) bond motifs is 1. The van der Waals surface area contributed by atoms with Gasteiger partial charge in [0.05, 0.1) is 17.6 Å². The molecule has 1 saturated carbocycles. The second kappa shape index (κ2) is 6.56. The highest BCUT2D eigenvalue weighted by atomic mass is 32.2. The van der Waals surface area contributed by atoms with Crippen LogP contribution in [0.1, 0.15) is 39.5 Å². The lowest BCUT2D eigenvalue weighted by molar-refractivity contribution is -0.173. The molecule has 144 valence electrons. The smallest absolute Gasteiger partial charge is 0.353 e. The molecular formula is C18H26N2O5S. The minimum absolute atomic E-state index is 0.0164. The van der Waals surface area contributed by atoms with Crippen molar-refractivity contribution in [1.29, 1.82) is 0 Å². The third-order valence-corrected chi connectivity index (χ3v) is 7.23. The van der Waals surface area contributed by atoms with Crippen molar-refractivity contribution in [2.45, 2.75) is 56.4 Å². The molecule has 0 aromatic heterocycles. The van der Waals surface area contributed by atoms with Gasteiger partial charge < -0.3 is 15.1 Å². The molecular weight excluding hydrogens is 356 g/mol. The number of aliphatic hydroxyl groups excluding tert-OH is 1. The Morgan fingerprint density at radius 2 is 2.00 bits per heavy atom. The van der Waals surface area contributed by atoms with Gasteiger partial charge in [-0.1, -0.05) is 0 Å². The standard InChI is InChI=1S/C18H26N2O5S/c1-9(21)13-16(23)20-14(17(24)25)12(8-18(13,20)2)26-11-6-5-10(7-11)15(22)19(3)4/h9-11,13,21H,5-8H2,1-4H3,(H,24,25)/t9-,10+,11-,13+,18-/m1/s1. The summed E-state index contributed by atoms with van der Waals surface area (Å²) in [4.78, 5) is 40.0. The summed E-state index contributed by atoms with van der Waals surface area (Å²) in [5.41, 5.74) is -0.611. The van der Waals surface area contributed by atoms with E-state index in [9.17, 15) is 24.6 Å². The van der Waals surface area contributed by atoms with Gasteiger partial charge in [0.2, 0.25) is 11.8 Å². The van der Waals surface area contributed by atoms with Crippen LogP contribution in [0.25, 0.3) is 0 Å². The predicted octanol–water partition coefficient (Wildman–Crippen LogP) is 1.27. The van der Waals surface area contributed by atoms with Crippen molar-refractivity contribution in [3.8, 4) is 0 Å². The number of aliphatic carboxylic acids is 1. The first-order chi connectivity index (χ1) is 12.1. The summed E-state index contributed by atoms with van der Waals surface area (Å²) in [5.74, 6) is -1.89. The van der Waals surface area contributed by atoms with Gasteiger partial charge in [-0.3, -0.25) is 14.5 Å². The number of hydrogen-bond donors (Lipinski definition) is 2. The molecule has 2 amide bonds. The predicted molar refractivity (Wildman–Crippen MR) is 97.1 cm³/mol. The number of carbonyl (C=O) groups excluding carboxylic acids is 2. The molecule has 8 heteroatoms. The van der Waals surface area contributed by atoms with Gasteiger partial charge in [-0.05, 0) is 33.1 Å². The monoisotopic (exact) mass is 382 g/mol. The Hall–Kier alpha value is -1.54. The molecule has 2 N–H and O–H groups in total. The highest BCUT2D eigenvalue weighted by Gasteiger charge is 2.65. The van der Waals surface area contributed by atoms with Crippen molar-refractivity contribution in [3.63, 3.8) is 0 Å². The summed E-state index contributed by atoms with van der Waals surface area (Å²) in [5, 5.41) is 19.8. The fourth-order valence-corrected chi connectivity index (χ4v) is 6.34. The summed E-state index contributed by atoms with van der Waals surface area (Å²) < 4.78 is 0. The van der Waals surface area contributed by atoms with E-state index in [0.717, 1.165) is 19.3 Å². The zero-order chi connectivity index (χ0) is 19.4. The van der Waals surface area contributed by atoms with Crippen molar-refractivity contribution >= 4 is 29.5 Å². The summed E-state index contributed by atoms with van der Waals surface area (Å²) in [7, 11) is 3.50. The Morgan fingerprint density at radius 3 is 2.54 bits per heavy atom. The van der Waals surface area contributed by atoms with E-state index in [-0.39, 0.29) is 28.7 Å². The number of rotatable bonds is 5. The second-order valence-electron chi connectivity index (χ2n) is 7.99. The van der Waals surface area contributed by atoms with Crippen LogP contribution in [0.4, 0.5) is 0 Å². The van der Waals surface area contributed by atoms with Gasteiger partial charge in [0.1, 0.15) is 5.70 Å². The van der Waals surface area contributed by atoms with E-state index in [2.05, 4.69) is 0 Å². The number of aliphatic hydroxyl groups is 1. The van der Waals surface area contributed by atoms with Crippen molar-refractivity contribution in [1.82, 2.24) is 9.80 Å². The maximum absolute atomic E-state index is 12.4. The Morgan fingerprint density at radius 1 is 1.35 bits per heavy atom. The zero-order valence-electron chi connectivity index (χ0n) is 15.6. The molecule has 0 bridgehead atoms. The van der Waals surface area contributed by atoms with Crippen LogP contribution in [0.15, 0.2) is 10.6 Å². The lowest BCUT2D eigenvalue weighted by Gasteiger charge is -2.53. The van der Waals surface area contributed by atoms with E-state index in [1.807, 2.05) is 6.92 Å². The summed E-state index contributed by atoms with van der Waals surface area (Å²) >= 11 is 1.50. The molecule has 0 aromatic carbocycles. The largest absolute Gasteiger partial charge is 0.477 e. The van der Waals surface area contributed by atoms with Gasteiger partial charge >= 0.3 is 5.97 Å². The van der Waals surface area contributed by atoms with Gasteiger partial charge in [0, 0.05) is 36.6 Å². The number of nitrogens with zero attached hydrogens (tertiary/aromatic N) is 2. The number of β-lactam (4-membered cyclic amide) rings is 1. The topological polar surface area (TPSA) is 98.1 Å². The van der Waals surface area contributed by atoms with Crippen LogP contribution in [0.5, 0.6) is 0 Å². The highest BCUT2D eigenvalue weighted by Crippen LogP contribution is 2.56. The maximum Gasteiger partial charge on any atom is 0.353 e. The van der Waals surface area contributed by atoms with E-state index in [4.69, 9.17) is 0 Å². The van der Waals surface area contributed by atoms with E-state index >= 15 is 0 Å². The number of hydrogen-bond acceptors (Lipinski definition) is 5. The highest BCUT2D eigenvalue weighted by molar-refractivity contribution is 8.03. The van der Waals surface area contributed by atoms with Crippen LogP contribution in [-0.4, -0.2) is 68.8 Å². The molecule has 2 aliphatic heterocycles. The summed E-state index contributed by atoms with van der Waals surface area (Å²) in [6, 6.07) is 0. The SMILES string of the molecule is C[C@@H](O)[C@H]1C(=O)N2C(C(=O)O)=C(S[C@@H]3CC[C@H](C(=O)N(C)C)C3)C[C@]12C. The van der Waals surface area contributed by atoms with Gasteiger partial charge in [-0.2, -0.15) is 0 Å². The van der Waals surface area contributed by atoms with Gasteiger partial charge in [-0.15, -0.1) is 11.8 Å². The quantitative estimate of drug-likeness (QED) is 0.695. The summed E-state index contributed by atoms with van der Waals surface area (Å²) in [6.07, 6.45) is 2.03. The van der Waals surface area contributed by atoms with Crippen molar-refractivity contribution < 1.29 is 24.6 Å². The molecule has 0 aromatic rings. The van der Waals surface area contributed by atoms with Gasteiger partial charge in [-0.25, -0.2) is 4.79 Å². The van der Waals surface area contributed by atoms with Crippen LogP contribution >= 0.6 is 11.8 Å². The van der Waals surface area contributed by atoms with Crippen molar-refractivity contribution in [2.75, 3.05) is 14.1 Å². The molecule has 0 unspecified atom stereocenters. The molecule has 26 heavy (non-hydrogen) atoms. The number of thioether (sulfide) groups is 1. The van der Waals surface area contributed by atoms with Crippen LogP contribution in [0.2, 0.25) is 0 Å². The molecule has 1 saturated heterocycles. The molecule has 7 nitrogen and oxygen atoms in total. The lowest BCUT2D eigenvalue weighted by Crippen LogP contribution is -2.69. The van der Waals surface area contributed by atoms with Crippen LogP contribution in [-0.2, 0) is 14.4 Å². The minimum Gasteiger partial charge on any atom is -0.477 e. The number of carboxylic acid groups (broad SMARTS) is 1. The average Bonchev–Trinajstić information content (AvgIpc) is 3.07. The summed E-state index contributed by atoms with van der Waals surface area (Å²) in [6.45, 7) is 3.42. The van der Waals surface area contributed by atoms with Crippen LogP contribution in [0, 0.1) is 11.8 Å². The molecule has 0 spiro atoms. The molecule has 3 aliphatic rings. The van der Waals surface area contributed by atoms with Crippen molar-refractivity contribution in [3.05, 3.63) is 10.6 Å². The van der Waals surface area contributed by atoms with E-state index in [1.165, 1.54) is 16.7 Å². The molecule has 0 radical (unpaired) electrons. The minimum atomic E-state index is -1.10. The third kappa shape index (κ3) is 2.83. The van der Waals surface area contributed by atoms with Gasteiger partial charge in [0.15, 0.2) is 0 Å². The molecule has 2 fully saturated rings. The van der Waals surface area contributed by atoms with Crippen LogP contribution in [0.3, 0.4) is 0 Å². The Balaban J connectivity index is 1.77. The van der Waals surface area contributed by atoms with E-state index in [1.54, 1.807) is 25.9 Å². The number of carbonyl (C=O) groups is 3. The first-order valence-corrected chi connectivity index (χ1v) is 9.82. The number of amides is 2. The van der Waals surface area contributed by atoms with E-state index in [0.29, 0.717) is 11.3 Å². The van der Waals surface area contributed by atoms with Crippen molar-refractivity contribution in [2.24, 2.45) is 11.8 Å². The second-order valence-corrected chi connectivity index (χ2v) is 9.38. The fourth-order valence-electron chi connectivity index (χ4n) is 4.69. The first-order valence-electron chi connectivity index (χ1n) is 8.94. The Bertz CT molecular complexity index is 689. The third-order valence-electron chi connectivity index (χ3n) is 5.84. The number of carboxylic acids is 1. The van der Waals surface area contributed by atoms with E-state index < -0.39 is 23.5 Å². The normalized spacial score (nSPS) is 34.6.